The van der Waals surface area contributed by atoms with E-state index < -0.39 is 41.1 Å². The molecular weight excluding hydrogens is 622 g/mol. The Hall–Kier alpha value is -3.83. The van der Waals surface area contributed by atoms with E-state index in [1.54, 1.807) is 0 Å². The molecule has 4 aliphatic rings. The van der Waals surface area contributed by atoms with Crippen LogP contribution in [0, 0.1) is 36.5 Å². The second-order valence-electron chi connectivity index (χ2n) is 12.3. The number of thioether (sulfide) groups is 1. The van der Waals surface area contributed by atoms with Crippen LogP contribution in [-0.2, 0) is 22.4 Å². The van der Waals surface area contributed by atoms with E-state index in [1.807, 2.05) is 55.5 Å². The van der Waals surface area contributed by atoms with Crippen LogP contribution in [0.3, 0.4) is 0 Å². The van der Waals surface area contributed by atoms with E-state index in [4.69, 9.17) is 4.74 Å². The predicted octanol–water partition coefficient (Wildman–Crippen LogP) is 7.02. The van der Waals surface area contributed by atoms with Gasteiger partial charge in [0.05, 0.1) is 28.1 Å². The lowest BCUT2D eigenvalue weighted by Crippen LogP contribution is -2.42. The van der Waals surface area contributed by atoms with Crippen molar-refractivity contribution in [1.82, 2.24) is 4.98 Å². The summed E-state index contributed by atoms with van der Waals surface area (Å²) in [5, 5.41) is 0.656. The summed E-state index contributed by atoms with van der Waals surface area (Å²) in [5.74, 6) is -2.70. The van der Waals surface area contributed by atoms with Crippen molar-refractivity contribution in [2.75, 3.05) is 4.90 Å². The number of anilines is 1. The first-order chi connectivity index (χ1) is 21.6. The van der Waals surface area contributed by atoms with Crippen LogP contribution in [0.4, 0.5) is 18.9 Å². The molecule has 3 fully saturated rings. The number of ether oxygens (including phenoxy) is 1. The monoisotopic (exact) mass is 648 g/mol. The van der Waals surface area contributed by atoms with Crippen molar-refractivity contribution in [2.45, 2.75) is 42.3 Å². The fourth-order valence-electron chi connectivity index (χ4n) is 8.23. The predicted molar refractivity (Wildman–Crippen MR) is 164 cm³/mol. The minimum Gasteiger partial charge on any atom is -0.489 e. The number of carbonyl (C=O) groups is 2. The number of halogens is 3. The van der Waals surface area contributed by atoms with Crippen molar-refractivity contribution >= 4 is 40.6 Å². The highest BCUT2D eigenvalue weighted by atomic mass is 32.2. The quantitative estimate of drug-likeness (QED) is 0.236. The van der Waals surface area contributed by atoms with Gasteiger partial charge >= 0.3 is 11.0 Å². The van der Waals surface area contributed by atoms with Crippen LogP contribution in [0.25, 0.3) is 0 Å². The molecule has 1 saturated heterocycles. The molecule has 7 atom stereocenters. The Labute approximate surface area is 264 Å². The second kappa shape index (κ2) is 10.3. The molecule has 2 saturated carbocycles. The molecule has 230 valence electrons. The van der Waals surface area contributed by atoms with Gasteiger partial charge in [0, 0.05) is 21.6 Å². The number of imide groups is 1. The van der Waals surface area contributed by atoms with E-state index in [-0.39, 0.29) is 33.8 Å². The fourth-order valence-corrected chi connectivity index (χ4v) is 11.1. The van der Waals surface area contributed by atoms with Gasteiger partial charge in [0.15, 0.2) is 0 Å². The van der Waals surface area contributed by atoms with Crippen LogP contribution >= 0.6 is 23.1 Å². The summed E-state index contributed by atoms with van der Waals surface area (Å²) in [4.78, 5) is 45.1. The highest BCUT2D eigenvalue weighted by Gasteiger charge is 2.70. The van der Waals surface area contributed by atoms with Crippen LogP contribution in [0.1, 0.15) is 39.5 Å². The van der Waals surface area contributed by atoms with Gasteiger partial charge in [-0.1, -0.05) is 71.5 Å². The van der Waals surface area contributed by atoms with Crippen LogP contribution in [0.5, 0.6) is 5.75 Å². The number of aromatic nitrogens is 1. The van der Waals surface area contributed by atoms with Crippen molar-refractivity contribution in [1.29, 1.82) is 0 Å². The first kappa shape index (κ1) is 28.6. The average Bonchev–Trinajstić information content (AvgIpc) is 3.75. The van der Waals surface area contributed by atoms with Gasteiger partial charge in [-0.3, -0.25) is 14.4 Å². The van der Waals surface area contributed by atoms with Gasteiger partial charge in [-0.15, -0.1) is 11.8 Å². The van der Waals surface area contributed by atoms with Gasteiger partial charge < -0.3 is 9.72 Å². The first-order valence-electron chi connectivity index (χ1n) is 14.8. The zero-order chi connectivity index (χ0) is 31.2. The fraction of sp³-hybridized carbons (Fsp3) is 0.324. The number of hydrogen-bond acceptors (Lipinski definition) is 6. The molecule has 8 rings (SSSR count). The zero-order valence-corrected chi connectivity index (χ0v) is 25.5. The van der Waals surface area contributed by atoms with Crippen molar-refractivity contribution < 1.29 is 27.5 Å². The van der Waals surface area contributed by atoms with Gasteiger partial charge in [0.25, 0.3) is 0 Å². The minimum absolute atomic E-state index is 0.0984. The van der Waals surface area contributed by atoms with Gasteiger partial charge in [-0.2, -0.15) is 13.2 Å². The summed E-state index contributed by atoms with van der Waals surface area (Å²) < 4.78 is 48.3. The molecule has 0 radical (unpaired) electrons. The Balaban J connectivity index is 1.18. The first-order valence-corrected chi connectivity index (χ1v) is 16.5. The Morgan fingerprint density at radius 2 is 1.60 bits per heavy atom. The SMILES string of the molecule is Cc1ccc(COc2ccccc2[C@@H]2c3sc(=O)[nH]c3S[C@@H]3[C@@H]4C[C@@H]([C@@H]5C(=O)N(c6ccccc6C(F)(F)F)C(=O)[C@@H]45)[C@@H]23)cc1. The molecule has 0 spiro atoms. The molecule has 3 aromatic carbocycles. The zero-order valence-electron chi connectivity index (χ0n) is 23.9. The number of aromatic amines is 1. The molecular formula is C34H27F3N2O4S2. The normalized spacial score (nSPS) is 28.3. The molecule has 6 nitrogen and oxygen atoms in total. The highest BCUT2D eigenvalue weighted by Crippen LogP contribution is 2.69. The Morgan fingerprint density at radius 3 is 2.36 bits per heavy atom. The number of fused-ring (bicyclic) bond motifs is 9. The lowest BCUT2D eigenvalue weighted by Gasteiger charge is -2.43. The van der Waals surface area contributed by atoms with Crippen molar-refractivity contribution in [3.8, 4) is 5.75 Å². The average molecular weight is 649 g/mol. The number of alkyl halides is 3. The third-order valence-electron chi connectivity index (χ3n) is 9.94. The Morgan fingerprint density at radius 1 is 0.911 bits per heavy atom. The van der Waals surface area contributed by atoms with Crippen LogP contribution < -0.4 is 14.5 Å². The maximum Gasteiger partial charge on any atom is 0.418 e. The second-order valence-corrected chi connectivity index (χ2v) is 14.5. The lowest BCUT2D eigenvalue weighted by molar-refractivity contribution is -0.137. The van der Waals surface area contributed by atoms with Gasteiger partial charge in [-0.05, 0) is 54.9 Å². The largest absolute Gasteiger partial charge is 0.489 e. The van der Waals surface area contributed by atoms with Crippen molar-refractivity contribution in [3.63, 3.8) is 0 Å². The maximum absolute atomic E-state index is 14.0. The number of aryl methyl sites for hydroxylation is 1. The number of nitrogens with zero attached hydrogens (tertiary/aromatic N) is 1. The minimum atomic E-state index is -4.72. The number of nitrogens with one attached hydrogen (secondary N) is 1. The van der Waals surface area contributed by atoms with E-state index >= 15 is 0 Å². The van der Waals surface area contributed by atoms with E-state index in [2.05, 4.69) is 4.98 Å². The molecule has 2 aliphatic heterocycles. The molecule has 45 heavy (non-hydrogen) atoms. The third-order valence-corrected chi connectivity index (χ3v) is 12.5. The van der Waals surface area contributed by atoms with Crippen LogP contribution in [0.15, 0.2) is 82.6 Å². The molecule has 1 N–H and O–H groups in total. The molecule has 11 heteroatoms. The lowest BCUT2D eigenvalue weighted by atomic mass is 9.68. The third kappa shape index (κ3) is 4.41. The van der Waals surface area contributed by atoms with E-state index in [0.29, 0.717) is 18.8 Å². The molecule has 1 aromatic heterocycles. The highest BCUT2D eigenvalue weighted by molar-refractivity contribution is 8.00. The number of carbonyl (C=O) groups excluding carboxylic acids is 2. The van der Waals surface area contributed by atoms with Crippen LogP contribution in [-0.4, -0.2) is 22.0 Å². The van der Waals surface area contributed by atoms with Gasteiger partial charge in [0.2, 0.25) is 11.8 Å². The topological polar surface area (TPSA) is 79.5 Å². The Bertz CT molecular complexity index is 1900. The number of hydrogen-bond donors (Lipinski definition) is 1. The summed E-state index contributed by atoms with van der Waals surface area (Å²) in [6.07, 6.45) is -4.09. The summed E-state index contributed by atoms with van der Waals surface area (Å²) in [5.41, 5.74) is 1.66. The Kier molecular flexibility index (Phi) is 6.58. The molecule has 3 heterocycles. The van der Waals surface area contributed by atoms with Gasteiger partial charge in [-0.25, -0.2) is 4.90 Å². The summed E-state index contributed by atoms with van der Waals surface area (Å²) >= 11 is 2.68. The number of thiazole rings is 1. The van der Waals surface area contributed by atoms with Crippen LogP contribution in [0.2, 0.25) is 0 Å². The molecule has 2 amide bonds. The standard InChI is InChI=1S/C34H27F3N2O4S2/c1-16-10-12-17(13-11-16)15-43-23-9-5-2-6-18(23)24-25-19-14-20(28(25)44-30-29(24)45-33(42)38-30)27-26(19)31(40)39(32(27)41)22-8-4-3-7-21(22)34(35,36)37/h2-13,19-20,24-28H,14-15H2,1H3,(H,38,42)/t19-,20-,24+,25+,26+,27+,28-/m1/s1. The smallest absolute Gasteiger partial charge is 0.418 e. The van der Waals surface area contributed by atoms with E-state index in [0.717, 1.165) is 48.9 Å². The number of para-hydroxylation sites is 2. The molecule has 2 bridgehead atoms. The number of benzene rings is 3. The molecule has 0 unspecified atom stereocenters. The molecule has 2 aliphatic carbocycles. The van der Waals surface area contributed by atoms with Gasteiger partial charge in [0.1, 0.15) is 12.4 Å². The summed E-state index contributed by atoms with van der Waals surface area (Å²) in [6.45, 7) is 2.37. The summed E-state index contributed by atoms with van der Waals surface area (Å²) in [7, 11) is 0. The van der Waals surface area contributed by atoms with Crippen molar-refractivity contribution in [2.24, 2.45) is 29.6 Å². The van der Waals surface area contributed by atoms with E-state index in [1.165, 1.54) is 30.0 Å². The van der Waals surface area contributed by atoms with Crippen molar-refractivity contribution in [3.05, 3.63) is 110 Å². The summed E-state index contributed by atoms with van der Waals surface area (Å²) in [6, 6.07) is 20.6. The molecule has 4 aromatic rings. The maximum atomic E-state index is 14.0. The number of rotatable bonds is 5. The number of H-pyrrole nitrogens is 1. The number of amides is 2. The van der Waals surface area contributed by atoms with E-state index in [9.17, 15) is 27.6 Å².